The average Bonchev–Trinajstić information content (AvgIpc) is 2.93. The Morgan fingerprint density at radius 1 is 0.773 bits per heavy atom. The van der Waals surface area contributed by atoms with Gasteiger partial charge in [0.25, 0.3) is 0 Å². The molecular weight excluding hydrogens is 272 g/mol. The van der Waals surface area contributed by atoms with E-state index in [1.165, 1.54) is 89.9 Å². The molecule has 0 aromatic rings. The molecule has 0 aromatic heterocycles. The molecule has 2 nitrogen and oxygen atoms in total. The Labute approximate surface area is 138 Å². The lowest BCUT2D eigenvalue weighted by atomic mass is 10.0. The number of esters is 1. The Morgan fingerprint density at radius 3 is 1.64 bits per heavy atom. The molecule has 0 N–H and O–H groups in total. The first kappa shape index (κ1) is 19.5. The lowest BCUT2D eigenvalue weighted by Crippen LogP contribution is -2.06. The van der Waals surface area contributed by atoms with E-state index in [0.717, 1.165) is 12.8 Å². The van der Waals surface area contributed by atoms with Gasteiger partial charge in [0.15, 0.2) is 0 Å². The summed E-state index contributed by atoms with van der Waals surface area (Å²) in [4.78, 5) is 11.0. The summed E-state index contributed by atoms with van der Waals surface area (Å²) >= 11 is 0. The molecule has 1 heterocycles. The number of cyclic esters (lactones) is 1. The summed E-state index contributed by atoms with van der Waals surface area (Å²) in [6, 6.07) is 0. The van der Waals surface area contributed by atoms with Crippen LogP contribution in [0.4, 0.5) is 0 Å². The van der Waals surface area contributed by atoms with Gasteiger partial charge in [-0.2, -0.15) is 0 Å². The van der Waals surface area contributed by atoms with E-state index >= 15 is 0 Å². The molecule has 1 fully saturated rings. The molecule has 0 saturated carbocycles. The molecule has 0 aromatic carbocycles. The molecule has 1 aliphatic heterocycles. The third kappa shape index (κ3) is 11.1. The second-order valence-electron chi connectivity index (χ2n) is 7.04. The van der Waals surface area contributed by atoms with Crippen molar-refractivity contribution in [3.63, 3.8) is 0 Å². The van der Waals surface area contributed by atoms with E-state index in [0.29, 0.717) is 6.42 Å². The van der Waals surface area contributed by atoms with Gasteiger partial charge in [-0.3, -0.25) is 4.79 Å². The third-order valence-electron chi connectivity index (χ3n) is 4.85. The van der Waals surface area contributed by atoms with Crippen LogP contribution >= 0.6 is 0 Å². The van der Waals surface area contributed by atoms with Crippen LogP contribution in [0.1, 0.15) is 116 Å². The Hall–Kier alpha value is -0.530. The summed E-state index contributed by atoms with van der Waals surface area (Å²) in [6.07, 6.45) is 22.5. The van der Waals surface area contributed by atoms with Gasteiger partial charge in [0.1, 0.15) is 6.10 Å². The molecule has 2 heteroatoms. The van der Waals surface area contributed by atoms with Crippen molar-refractivity contribution < 1.29 is 9.53 Å². The van der Waals surface area contributed by atoms with Gasteiger partial charge in [-0.05, 0) is 19.3 Å². The van der Waals surface area contributed by atoms with E-state index in [2.05, 4.69) is 6.92 Å². The van der Waals surface area contributed by atoms with Crippen LogP contribution in [0.25, 0.3) is 0 Å². The largest absolute Gasteiger partial charge is 0.462 e. The first-order valence-electron chi connectivity index (χ1n) is 10.0. The van der Waals surface area contributed by atoms with Crippen molar-refractivity contribution in [3.8, 4) is 0 Å². The number of ether oxygens (including phenoxy) is 1. The van der Waals surface area contributed by atoms with E-state index in [9.17, 15) is 4.79 Å². The van der Waals surface area contributed by atoms with Crippen molar-refractivity contribution in [2.75, 3.05) is 0 Å². The van der Waals surface area contributed by atoms with Crippen LogP contribution in [0.2, 0.25) is 0 Å². The predicted octanol–water partition coefficient (Wildman–Crippen LogP) is 6.56. The molecule has 0 radical (unpaired) electrons. The van der Waals surface area contributed by atoms with Crippen molar-refractivity contribution in [2.45, 2.75) is 122 Å². The molecule has 1 unspecified atom stereocenters. The van der Waals surface area contributed by atoms with Gasteiger partial charge in [-0.25, -0.2) is 0 Å². The van der Waals surface area contributed by atoms with E-state index in [1.807, 2.05) is 0 Å². The van der Waals surface area contributed by atoms with Gasteiger partial charge in [0, 0.05) is 6.42 Å². The standard InChI is InChI=1S/C20H38O2/c1-2-3-4-5-6-7-8-9-10-11-12-13-14-15-16-19-17-18-20(21)22-19/h19H,2-18H2,1H3. The summed E-state index contributed by atoms with van der Waals surface area (Å²) in [5.41, 5.74) is 0. The van der Waals surface area contributed by atoms with Crippen molar-refractivity contribution in [3.05, 3.63) is 0 Å². The highest BCUT2D eigenvalue weighted by molar-refractivity contribution is 5.71. The van der Waals surface area contributed by atoms with Crippen molar-refractivity contribution >= 4 is 5.97 Å². The zero-order chi connectivity index (χ0) is 15.9. The Bertz CT molecular complexity index is 262. The Balaban J connectivity index is 1.69. The van der Waals surface area contributed by atoms with Crippen LogP contribution in [-0.2, 0) is 9.53 Å². The molecule has 22 heavy (non-hydrogen) atoms. The smallest absolute Gasteiger partial charge is 0.306 e. The van der Waals surface area contributed by atoms with E-state index in [1.54, 1.807) is 0 Å². The van der Waals surface area contributed by atoms with Crippen LogP contribution in [0.15, 0.2) is 0 Å². The first-order valence-corrected chi connectivity index (χ1v) is 10.0. The first-order chi connectivity index (χ1) is 10.8. The number of carbonyl (C=O) groups excluding carboxylic acids is 1. The van der Waals surface area contributed by atoms with E-state index in [-0.39, 0.29) is 12.1 Å². The fourth-order valence-electron chi connectivity index (χ4n) is 3.35. The Morgan fingerprint density at radius 2 is 1.23 bits per heavy atom. The van der Waals surface area contributed by atoms with Crippen LogP contribution in [-0.4, -0.2) is 12.1 Å². The van der Waals surface area contributed by atoms with Crippen molar-refractivity contribution in [1.82, 2.24) is 0 Å². The van der Waals surface area contributed by atoms with Gasteiger partial charge >= 0.3 is 5.97 Å². The highest BCUT2D eigenvalue weighted by Gasteiger charge is 2.22. The number of rotatable bonds is 15. The molecule has 1 aliphatic rings. The highest BCUT2D eigenvalue weighted by Crippen LogP contribution is 2.20. The molecule has 1 rings (SSSR count). The fraction of sp³-hybridized carbons (Fsp3) is 0.950. The minimum Gasteiger partial charge on any atom is -0.462 e. The lowest BCUT2D eigenvalue weighted by molar-refractivity contribution is -0.141. The second kappa shape index (κ2) is 14.1. The maximum atomic E-state index is 11.0. The Kier molecular flexibility index (Phi) is 12.5. The summed E-state index contributed by atoms with van der Waals surface area (Å²) in [5, 5.41) is 0. The number of hydrogen-bond donors (Lipinski definition) is 0. The van der Waals surface area contributed by atoms with Crippen LogP contribution < -0.4 is 0 Å². The van der Waals surface area contributed by atoms with Crippen LogP contribution in [0.3, 0.4) is 0 Å². The summed E-state index contributed by atoms with van der Waals surface area (Å²) in [6.45, 7) is 2.28. The molecule has 0 spiro atoms. The molecule has 0 bridgehead atoms. The molecule has 1 atom stereocenters. The maximum absolute atomic E-state index is 11.0. The zero-order valence-electron chi connectivity index (χ0n) is 14.9. The topological polar surface area (TPSA) is 26.3 Å². The number of carbonyl (C=O) groups is 1. The summed E-state index contributed by atoms with van der Waals surface area (Å²) in [7, 11) is 0. The highest BCUT2D eigenvalue weighted by atomic mass is 16.5. The van der Waals surface area contributed by atoms with Crippen molar-refractivity contribution in [1.29, 1.82) is 0 Å². The van der Waals surface area contributed by atoms with Gasteiger partial charge in [0.05, 0.1) is 0 Å². The quantitative estimate of drug-likeness (QED) is 0.253. The minimum atomic E-state index is 0.00960. The monoisotopic (exact) mass is 310 g/mol. The van der Waals surface area contributed by atoms with Gasteiger partial charge < -0.3 is 4.74 Å². The molecule has 0 amide bonds. The van der Waals surface area contributed by atoms with Gasteiger partial charge in [-0.1, -0.05) is 90.4 Å². The van der Waals surface area contributed by atoms with Gasteiger partial charge in [-0.15, -0.1) is 0 Å². The number of hydrogen-bond acceptors (Lipinski definition) is 2. The normalized spacial score (nSPS) is 17.9. The summed E-state index contributed by atoms with van der Waals surface area (Å²) < 4.78 is 5.24. The second-order valence-corrected chi connectivity index (χ2v) is 7.04. The van der Waals surface area contributed by atoms with Crippen LogP contribution in [0.5, 0.6) is 0 Å². The molecule has 0 aliphatic carbocycles. The van der Waals surface area contributed by atoms with Crippen LogP contribution in [0, 0.1) is 0 Å². The third-order valence-corrected chi connectivity index (χ3v) is 4.85. The van der Waals surface area contributed by atoms with Gasteiger partial charge in [0.2, 0.25) is 0 Å². The zero-order valence-corrected chi connectivity index (χ0v) is 14.9. The van der Waals surface area contributed by atoms with E-state index in [4.69, 9.17) is 4.74 Å². The molecular formula is C20H38O2. The average molecular weight is 311 g/mol. The predicted molar refractivity (Wildman–Crippen MR) is 94.0 cm³/mol. The molecule has 1 saturated heterocycles. The fourth-order valence-corrected chi connectivity index (χ4v) is 3.35. The SMILES string of the molecule is CCCCCCCCCCCCCCCCC1CCC(=O)O1. The molecule has 130 valence electrons. The van der Waals surface area contributed by atoms with Crippen molar-refractivity contribution in [2.24, 2.45) is 0 Å². The van der Waals surface area contributed by atoms with E-state index < -0.39 is 0 Å². The lowest BCUT2D eigenvalue weighted by Gasteiger charge is -2.08. The summed E-state index contributed by atoms with van der Waals surface area (Å²) in [5.74, 6) is 0.00960. The maximum Gasteiger partial charge on any atom is 0.306 e. The minimum absolute atomic E-state index is 0.00960. The number of unbranched alkanes of at least 4 members (excludes halogenated alkanes) is 13.